The summed E-state index contributed by atoms with van der Waals surface area (Å²) in [5.41, 5.74) is -0.209. The number of benzene rings is 10. The molecule has 0 aliphatic carbocycles. The van der Waals surface area contributed by atoms with Gasteiger partial charge in [-0.15, -0.1) is 0 Å². The molecule has 0 fully saturated rings. The zero-order chi connectivity index (χ0) is 105. The normalized spacial score (nSPS) is 13.0. The SMILES string of the molecule is CC(C)(C)OC(=O)N[C@H](c1ccccc1)[C@H](NS(=O)(=O)c1ccc(NC(=O)CNC(=O)CCOCC(COCCC(=O)NCC(=O)Nc2ccc(S(=O)(=O)N[C@H](c3ccccc3)[C@H](NC(=O)OC(C)(C)C)c3ccccc3)cc2)(COCCC(=O)NCC(=O)Nc2ccc(S(=O)(=O)N[C@H](c3ccccc3)[C@H](NC(=O)OC(C)(C)C)c3ccccc3)cc2)NC(=O)CNC(=O)OCc2ccccc2)cc1)c1ccccc1. The van der Waals surface area contributed by atoms with Crippen LogP contribution in [0.2, 0.25) is 0 Å². The minimum absolute atomic E-state index is 0.146. The number of ether oxygens (including phenoxy) is 7. The Morgan fingerprint density at radius 3 is 0.752 bits per heavy atom. The zero-order valence-electron chi connectivity index (χ0n) is 81.5. The molecule has 0 spiro atoms. The molecule has 10 aromatic carbocycles. The summed E-state index contributed by atoms with van der Waals surface area (Å²) in [6, 6.07) is 70.0. The molecule has 0 saturated heterocycles. The maximum atomic E-state index is 14.3. The van der Waals surface area contributed by atoms with Crippen molar-refractivity contribution >= 4 is 113 Å². The largest absolute Gasteiger partial charge is 0.445 e. The van der Waals surface area contributed by atoms with Crippen molar-refractivity contribution in [3.63, 3.8) is 0 Å². The number of hydrogen-bond acceptors (Lipinski definition) is 24. The molecule has 11 amide bonds. The summed E-state index contributed by atoms with van der Waals surface area (Å²) >= 11 is 0. The number of anilines is 3. The third kappa shape index (κ3) is 38.4. The summed E-state index contributed by atoms with van der Waals surface area (Å²) in [5, 5.41) is 29.0. The van der Waals surface area contributed by atoms with Crippen LogP contribution >= 0.6 is 0 Å². The van der Waals surface area contributed by atoms with E-state index in [2.05, 4.69) is 72.7 Å². The van der Waals surface area contributed by atoms with Crippen LogP contribution in [-0.2, 0) is 103 Å². The number of hydrogen-bond donors (Lipinski definition) is 14. The lowest BCUT2D eigenvalue weighted by Gasteiger charge is -2.34. The average molecular weight is 2050 g/mol. The van der Waals surface area contributed by atoms with Crippen molar-refractivity contribution in [1.29, 1.82) is 0 Å². The van der Waals surface area contributed by atoms with Gasteiger partial charge in [0.2, 0.25) is 71.4 Å². The summed E-state index contributed by atoms with van der Waals surface area (Å²) in [5.74, 6) is -5.20. The molecule has 41 heteroatoms. The molecule has 14 N–H and O–H groups in total. The lowest BCUT2D eigenvalue weighted by atomic mass is 9.94. The van der Waals surface area contributed by atoms with Crippen LogP contribution in [0.1, 0.15) is 157 Å². The maximum absolute atomic E-state index is 14.3. The Balaban J connectivity index is 0.787. The summed E-state index contributed by atoms with van der Waals surface area (Å²) in [7, 11) is -13.2. The van der Waals surface area contributed by atoms with E-state index in [0.717, 1.165) is 0 Å². The van der Waals surface area contributed by atoms with Crippen LogP contribution in [0, 0.1) is 0 Å². The van der Waals surface area contributed by atoms with E-state index in [-0.39, 0.29) is 38.4 Å². The molecule has 0 heterocycles. The van der Waals surface area contributed by atoms with Crippen LogP contribution in [0.15, 0.2) is 300 Å². The number of carbonyl (C=O) groups excluding carboxylic acids is 11. The zero-order valence-corrected chi connectivity index (χ0v) is 84.0. The standard InChI is InChI=1S/C104H122N14O24S3/c1-101(2,3)140-98(127)112-91(72-33-19-11-20-34-72)94(75-39-25-14-26-40-75)116-143(130,131)81-51-45-78(46-52-81)109-87(122)63-105-84(119)57-60-136-68-104(115-90(125)66-108-97(126)139-67-71-31-17-10-18-32-71,69-137-61-58-85(120)106-64-88(123)110-79-47-53-82(54-48-79)144(132,133)117-95(76-41-27-15-28-42-76)92(73-35-21-12-22-36-73)113-99(128)141-102(4,5)6)70-138-62-59-86(121)107-65-89(124)111-80-49-55-83(56-50-80)145(134,135)118-96(77-43-29-16-30-44-77)93(74-37-23-13-24-38-74)114-100(129)142-103(7,8)9/h10-56,91-96,116-118H,57-70H2,1-9H3,(H,105,119)(H,106,120)(H,107,121)(H,108,126)(H,109,122)(H,110,123)(H,111,124)(H,112,127)(H,113,128)(H,114,129)(H,115,125)/t91-,92-,93-,94-,95-,96-/m1/s1. The Kier molecular flexibility index (Phi) is 41.4. The number of alkyl carbamates (subject to hydrolysis) is 4. The van der Waals surface area contributed by atoms with Crippen LogP contribution in [0.25, 0.3) is 0 Å². The molecule has 770 valence electrons. The van der Waals surface area contributed by atoms with Crippen molar-refractivity contribution in [2.75, 3.05) is 81.8 Å². The second kappa shape index (κ2) is 53.5. The van der Waals surface area contributed by atoms with E-state index in [0.29, 0.717) is 38.9 Å². The summed E-state index contributed by atoms with van der Waals surface area (Å²) in [6.07, 6.45) is -4.62. The molecule has 0 radical (unpaired) electrons. The molecule has 0 aliphatic rings. The molecule has 0 unspecified atom stereocenters. The summed E-state index contributed by atoms with van der Waals surface area (Å²) in [4.78, 5) is 147. The first-order chi connectivity index (χ1) is 68.9. The number of rotatable bonds is 50. The van der Waals surface area contributed by atoms with Crippen LogP contribution < -0.4 is 72.7 Å². The van der Waals surface area contributed by atoms with Gasteiger partial charge in [-0.25, -0.2) is 58.6 Å². The van der Waals surface area contributed by atoms with E-state index in [1.54, 1.807) is 275 Å². The lowest BCUT2D eigenvalue weighted by Crippen LogP contribution is -2.60. The fourth-order valence-corrected chi connectivity index (χ4v) is 18.1. The Labute approximate surface area is 843 Å². The Bertz CT molecular complexity index is 5780. The number of carbonyl (C=O) groups is 11. The Morgan fingerprint density at radius 2 is 0.503 bits per heavy atom. The predicted octanol–water partition coefficient (Wildman–Crippen LogP) is 12.1. The topological polar surface area (TPSA) is 523 Å². The first-order valence-corrected chi connectivity index (χ1v) is 50.7. The fourth-order valence-electron chi connectivity index (χ4n) is 14.4. The molecule has 0 aliphatic heterocycles. The molecular weight excluding hydrogens is 1930 g/mol. The van der Waals surface area contributed by atoms with Crippen molar-refractivity contribution in [1.82, 2.24) is 56.7 Å². The van der Waals surface area contributed by atoms with Gasteiger partial charge in [-0.3, -0.25) is 33.6 Å². The summed E-state index contributed by atoms with van der Waals surface area (Å²) in [6.45, 7) is 9.67. The highest BCUT2D eigenvalue weighted by Gasteiger charge is 2.39. The van der Waals surface area contributed by atoms with Gasteiger partial charge in [0.05, 0.1) is 110 Å². The van der Waals surface area contributed by atoms with Gasteiger partial charge in [-0.1, -0.05) is 212 Å². The first-order valence-electron chi connectivity index (χ1n) is 46.3. The predicted molar refractivity (Wildman–Crippen MR) is 540 cm³/mol. The molecule has 10 rings (SSSR count). The van der Waals surface area contributed by atoms with Crippen LogP contribution in [0.4, 0.5) is 36.2 Å². The van der Waals surface area contributed by atoms with E-state index in [1.165, 1.54) is 72.8 Å². The molecule has 145 heavy (non-hydrogen) atoms. The van der Waals surface area contributed by atoms with Gasteiger partial charge in [0.1, 0.15) is 35.5 Å². The minimum Gasteiger partial charge on any atom is -0.445 e. The molecule has 0 bridgehead atoms. The van der Waals surface area contributed by atoms with E-state index in [4.69, 9.17) is 33.2 Å². The Morgan fingerprint density at radius 1 is 0.269 bits per heavy atom. The van der Waals surface area contributed by atoms with Gasteiger partial charge >= 0.3 is 24.4 Å². The van der Waals surface area contributed by atoms with Crippen LogP contribution in [0.5, 0.6) is 0 Å². The third-order valence-electron chi connectivity index (χ3n) is 21.1. The first kappa shape index (κ1) is 112. The second-order valence-electron chi connectivity index (χ2n) is 36.3. The molecule has 10 aromatic rings. The molecular formula is C104H122N14O24S3. The van der Waals surface area contributed by atoms with Crippen LogP contribution in [0.3, 0.4) is 0 Å². The smallest absolute Gasteiger partial charge is 0.408 e. The molecule has 6 atom stereocenters. The van der Waals surface area contributed by atoms with E-state index in [1.807, 2.05) is 0 Å². The molecule has 0 aromatic heterocycles. The van der Waals surface area contributed by atoms with Gasteiger partial charge < -0.3 is 91.6 Å². The minimum atomic E-state index is -4.39. The van der Waals surface area contributed by atoms with Gasteiger partial charge in [0.15, 0.2) is 0 Å². The quantitative estimate of drug-likeness (QED) is 0.0124. The number of sulfonamides is 3. The van der Waals surface area contributed by atoms with E-state index < -0.39 is 239 Å². The number of amides is 11. The Hall–Kier alpha value is -14.8. The van der Waals surface area contributed by atoms with Crippen molar-refractivity contribution < 1.29 is 111 Å². The third-order valence-corrected chi connectivity index (χ3v) is 25.4. The molecule has 0 saturated carbocycles. The van der Waals surface area contributed by atoms with Crippen molar-refractivity contribution in [2.24, 2.45) is 0 Å². The highest BCUT2D eigenvalue weighted by atomic mass is 32.2. The van der Waals surface area contributed by atoms with E-state index in [9.17, 15) is 78.0 Å². The van der Waals surface area contributed by atoms with E-state index >= 15 is 0 Å². The highest BCUT2D eigenvalue weighted by Crippen LogP contribution is 2.36. The van der Waals surface area contributed by atoms with Gasteiger partial charge in [0, 0.05) is 36.3 Å². The van der Waals surface area contributed by atoms with Gasteiger partial charge in [-0.05, 0) is 174 Å². The lowest BCUT2D eigenvalue weighted by molar-refractivity contribution is -0.130. The van der Waals surface area contributed by atoms with Crippen LogP contribution in [-0.4, -0.2) is 179 Å². The van der Waals surface area contributed by atoms with Gasteiger partial charge in [-0.2, -0.15) is 0 Å². The highest BCUT2D eigenvalue weighted by molar-refractivity contribution is 7.90. The van der Waals surface area contributed by atoms with Gasteiger partial charge in [0.25, 0.3) is 0 Å². The fraction of sp³-hybridized carbons (Fsp3) is 0.317. The monoisotopic (exact) mass is 2050 g/mol. The van der Waals surface area contributed by atoms with Crippen molar-refractivity contribution in [2.45, 2.75) is 161 Å². The number of nitrogens with one attached hydrogen (secondary N) is 14. The molecule has 38 nitrogen and oxygen atoms in total. The van der Waals surface area contributed by atoms with Crippen molar-refractivity contribution in [3.05, 3.63) is 324 Å². The second-order valence-corrected chi connectivity index (χ2v) is 41.5. The van der Waals surface area contributed by atoms with Crippen molar-refractivity contribution in [3.8, 4) is 0 Å². The maximum Gasteiger partial charge on any atom is 0.408 e. The average Bonchev–Trinajstić information content (AvgIpc) is 0.793. The summed E-state index contributed by atoms with van der Waals surface area (Å²) < 4.78 is 134.